The van der Waals surface area contributed by atoms with E-state index in [-0.39, 0.29) is 0 Å². The Bertz CT molecular complexity index is 289. The highest BCUT2D eigenvalue weighted by Crippen LogP contribution is 2.41. The second-order valence-corrected chi connectivity index (χ2v) is 7.70. The lowest BCUT2D eigenvalue weighted by Crippen LogP contribution is -2.47. The topological polar surface area (TPSA) is 21.3 Å². The number of rotatable bonds is 6. The highest BCUT2D eigenvalue weighted by Gasteiger charge is 2.43. The van der Waals surface area contributed by atoms with Gasteiger partial charge in [0.25, 0.3) is 0 Å². The third-order valence-electron chi connectivity index (χ3n) is 5.58. The summed E-state index contributed by atoms with van der Waals surface area (Å²) in [6, 6.07) is 0.546. The molecule has 2 rings (SSSR count). The summed E-state index contributed by atoms with van der Waals surface area (Å²) >= 11 is 0. The van der Waals surface area contributed by atoms with Gasteiger partial charge in [-0.15, -0.1) is 0 Å². The minimum absolute atomic E-state index is 0.388. The van der Waals surface area contributed by atoms with Crippen molar-refractivity contribution in [3.05, 3.63) is 0 Å². The lowest BCUT2D eigenvalue weighted by atomic mass is 9.85. The van der Waals surface area contributed by atoms with Gasteiger partial charge < -0.3 is 10.1 Å². The molecule has 0 radical (unpaired) electrons. The molecular weight excluding hydrogens is 246 g/mol. The molecule has 2 saturated carbocycles. The van der Waals surface area contributed by atoms with E-state index in [1.807, 2.05) is 0 Å². The second-order valence-electron chi connectivity index (χ2n) is 7.70. The van der Waals surface area contributed by atoms with Gasteiger partial charge in [-0.25, -0.2) is 0 Å². The lowest BCUT2D eigenvalue weighted by molar-refractivity contribution is -0.0541. The molecule has 2 heteroatoms. The summed E-state index contributed by atoms with van der Waals surface area (Å²) in [5, 5.41) is 3.76. The van der Waals surface area contributed by atoms with Crippen molar-refractivity contribution in [1.82, 2.24) is 5.32 Å². The maximum Gasteiger partial charge on any atom is 0.0737 e. The molecule has 0 aromatic carbocycles. The molecular formula is C18H35NO. The molecule has 2 nitrogen and oxygen atoms in total. The van der Waals surface area contributed by atoms with Gasteiger partial charge in [0.1, 0.15) is 0 Å². The zero-order valence-corrected chi connectivity index (χ0v) is 14.1. The number of hydrogen-bond acceptors (Lipinski definition) is 2. The molecule has 0 heterocycles. The van der Waals surface area contributed by atoms with Crippen LogP contribution in [-0.2, 0) is 4.74 Å². The largest absolute Gasteiger partial charge is 0.373 e. The summed E-state index contributed by atoms with van der Waals surface area (Å²) in [5.41, 5.74) is 0.388. The van der Waals surface area contributed by atoms with Crippen molar-refractivity contribution < 1.29 is 4.74 Å². The van der Waals surface area contributed by atoms with Crippen LogP contribution in [-0.4, -0.2) is 24.8 Å². The van der Waals surface area contributed by atoms with E-state index in [0.29, 0.717) is 23.7 Å². The molecule has 2 aliphatic carbocycles. The molecule has 0 aromatic rings. The first kappa shape index (κ1) is 16.3. The molecule has 2 fully saturated rings. The average molecular weight is 281 g/mol. The molecule has 0 aromatic heterocycles. The summed E-state index contributed by atoms with van der Waals surface area (Å²) in [4.78, 5) is 0. The lowest BCUT2D eigenvalue weighted by Gasteiger charge is -2.36. The van der Waals surface area contributed by atoms with Crippen molar-refractivity contribution in [1.29, 1.82) is 0 Å². The van der Waals surface area contributed by atoms with E-state index in [9.17, 15) is 0 Å². The Hall–Kier alpha value is -0.0800. The second kappa shape index (κ2) is 7.26. The Morgan fingerprint density at radius 1 is 1.15 bits per heavy atom. The van der Waals surface area contributed by atoms with Crippen LogP contribution in [0.25, 0.3) is 0 Å². The molecule has 0 amide bonds. The SMILES string of the molecule is CCCNC1C(OC2CCCC(CC)C2)CCC1(C)C. The zero-order valence-electron chi connectivity index (χ0n) is 14.1. The molecule has 4 atom stereocenters. The maximum atomic E-state index is 6.57. The minimum Gasteiger partial charge on any atom is -0.373 e. The third kappa shape index (κ3) is 3.98. The van der Waals surface area contributed by atoms with Gasteiger partial charge in [0.2, 0.25) is 0 Å². The fourth-order valence-electron chi connectivity index (χ4n) is 4.18. The van der Waals surface area contributed by atoms with Crippen LogP contribution in [0.15, 0.2) is 0 Å². The quantitative estimate of drug-likeness (QED) is 0.772. The van der Waals surface area contributed by atoms with Crippen LogP contribution in [0.1, 0.15) is 79.1 Å². The highest BCUT2D eigenvalue weighted by atomic mass is 16.5. The van der Waals surface area contributed by atoms with Gasteiger partial charge in [-0.2, -0.15) is 0 Å². The van der Waals surface area contributed by atoms with E-state index >= 15 is 0 Å². The molecule has 4 unspecified atom stereocenters. The summed E-state index contributed by atoms with van der Waals surface area (Å²) in [6.07, 6.45) is 11.4. The first-order chi connectivity index (χ1) is 9.56. The molecule has 2 aliphatic rings. The predicted octanol–water partition coefficient (Wildman–Crippen LogP) is 4.53. The summed E-state index contributed by atoms with van der Waals surface area (Å²) < 4.78 is 6.57. The maximum absolute atomic E-state index is 6.57. The Morgan fingerprint density at radius 2 is 1.95 bits per heavy atom. The van der Waals surface area contributed by atoms with Gasteiger partial charge >= 0.3 is 0 Å². The molecule has 0 aliphatic heterocycles. The van der Waals surface area contributed by atoms with Crippen molar-refractivity contribution in [2.75, 3.05) is 6.54 Å². The van der Waals surface area contributed by atoms with Gasteiger partial charge in [-0.1, -0.05) is 47.0 Å². The standard InChI is InChI=1S/C18H35NO/c1-5-12-19-17-16(10-11-18(17,3)4)20-15-9-7-8-14(6-2)13-15/h14-17,19H,5-13H2,1-4H3. The highest BCUT2D eigenvalue weighted by molar-refractivity contribution is 4.97. The Labute approximate surface area is 126 Å². The number of nitrogens with one attached hydrogen (secondary N) is 1. The Morgan fingerprint density at radius 3 is 2.65 bits per heavy atom. The summed E-state index contributed by atoms with van der Waals surface area (Å²) in [5.74, 6) is 0.908. The molecule has 20 heavy (non-hydrogen) atoms. The van der Waals surface area contributed by atoms with Crippen LogP contribution in [0.5, 0.6) is 0 Å². The first-order valence-electron chi connectivity index (χ1n) is 8.95. The first-order valence-corrected chi connectivity index (χ1v) is 8.95. The fraction of sp³-hybridized carbons (Fsp3) is 1.00. The number of hydrogen-bond donors (Lipinski definition) is 1. The Kier molecular flexibility index (Phi) is 5.92. The Balaban J connectivity index is 1.90. The van der Waals surface area contributed by atoms with Crippen LogP contribution in [0, 0.1) is 11.3 Å². The van der Waals surface area contributed by atoms with Crippen LogP contribution in [0.4, 0.5) is 0 Å². The van der Waals surface area contributed by atoms with E-state index < -0.39 is 0 Å². The van der Waals surface area contributed by atoms with Crippen LogP contribution >= 0.6 is 0 Å². The van der Waals surface area contributed by atoms with Crippen molar-refractivity contribution >= 4 is 0 Å². The van der Waals surface area contributed by atoms with Crippen molar-refractivity contribution in [2.24, 2.45) is 11.3 Å². The van der Waals surface area contributed by atoms with E-state index in [1.165, 1.54) is 51.4 Å². The monoisotopic (exact) mass is 281 g/mol. The van der Waals surface area contributed by atoms with Crippen molar-refractivity contribution in [2.45, 2.75) is 97.3 Å². The minimum atomic E-state index is 0.388. The smallest absolute Gasteiger partial charge is 0.0737 e. The molecule has 1 N–H and O–H groups in total. The van der Waals surface area contributed by atoms with Crippen molar-refractivity contribution in [3.8, 4) is 0 Å². The van der Waals surface area contributed by atoms with Crippen LogP contribution < -0.4 is 5.32 Å². The van der Waals surface area contributed by atoms with Gasteiger partial charge in [0.05, 0.1) is 12.2 Å². The van der Waals surface area contributed by atoms with Crippen LogP contribution in [0.2, 0.25) is 0 Å². The van der Waals surface area contributed by atoms with E-state index in [4.69, 9.17) is 4.74 Å². The molecule has 0 spiro atoms. The average Bonchev–Trinajstić information content (AvgIpc) is 2.72. The number of ether oxygens (including phenoxy) is 1. The summed E-state index contributed by atoms with van der Waals surface area (Å²) in [6.45, 7) is 10.5. The van der Waals surface area contributed by atoms with E-state index in [1.54, 1.807) is 0 Å². The van der Waals surface area contributed by atoms with Crippen LogP contribution in [0.3, 0.4) is 0 Å². The zero-order chi connectivity index (χ0) is 14.6. The van der Waals surface area contributed by atoms with Gasteiger partial charge in [0, 0.05) is 6.04 Å². The van der Waals surface area contributed by atoms with E-state index in [0.717, 1.165) is 12.5 Å². The predicted molar refractivity (Wildman–Crippen MR) is 86.0 cm³/mol. The fourth-order valence-corrected chi connectivity index (χ4v) is 4.18. The molecule has 0 saturated heterocycles. The summed E-state index contributed by atoms with van der Waals surface area (Å²) in [7, 11) is 0. The molecule has 118 valence electrons. The molecule has 0 bridgehead atoms. The van der Waals surface area contributed by atoms with Crippen molar-refractivity contribution in [3.63, 3.8) is 0 Å². The van der Waals surface area contributed by atoms with E-state index in [2.05, 4.69) is 33.0 Å². The van der Waals surface area contributed by atoms with Gasteiger partial charge in [-0.05, 0) is 50.0 Å². The van der Waals surface area contributed by atoms with Gasteiger partial charge in [0.15, 0.2) is 0 Å². The van der Waals surface area contributed by atoms with Gasteiger partial charge in [-0.3, -0.25) is 0 Å². The normalized spacial score (nSPS) is 37.2. The third-order valence-corrected chi connectivity index (χ3v) is 5.58.